The van der Waals surface area contributed by atoms with Crippen molar-refractivity contribution in [3.8, 4) is 0 Å². The van der Waals surface area contributed by atoms with Gasteiger partial charge in [0.2, 0.25) is 5.89 Å². The normalized spacial score (nSPS) is 27.9. The fourth-order valence-electron chi connectivity index (χ4n) is 3.27. The highest BCUT2D eigenvalue weighted by Gasteiger charge is 2.32. The van der Waals surface area contributed by atoms with Gasteiger partial charge in [0.1, 0.15) is 0 Å². The third-order valence-corrected chi connectivity index (χ3v) is 6.26. The lowest BCUT2D eigenvalue weighted by Crippen LogP contribution is -2.30. The molecule has 112 valence electrons. The van der Waals surface area contributed by atoms with Gasteiger partial charge in [-0.15, -0.1) is 0 Å². The highest BCUT2D eigenvalue weighted by Crippen LogP contribution is 2.29. The molecule has 1 aromatic rings. The van der Waals surface area contributed by atoms with Crippen LogP contribution in [0.15, 0.2) is 4.52 Å². The maximum Gasteiger partial charge on any atom is 0.228 e. The van der Waals surface area contributed by atoms with Gasteiger partial charge in [-0.3, -0.25) is 0 Å². The minimum atomic E-state index is -2.92. The first-order valence-electron chi connectivity index (χ1n) is 7.32. The van der Waals surface area contributed by atoms with Crippen LogP contribution in [0.1, 0.15) is 49.7 Å². The minimum absolute atomic E-state index is 0.0677. The van der Waals surface area contributed by atoms with E-state index in [9.17, 15) is 8.42 Å². The summed E-state index contributed by atoms with van der Waals surface area (Å²) >= 11 is 0. The van der Waals surface area contributed by atoms with E-state index in [2.05, 4.69) is 10.1 Å². The van der Waals surface area contributed by atoms with Crippen LogP contribution in [0, 0.1) is 5.92 Å². The van der Waals surface area contributed by atoms with Gasteiger partial charge in [-0.05, 0) is 25.2 Å². The van der Waals surface area contributed by atoms with Crippen LogP contribution < -0.4 is 5.73 Å². The lowest BCUT2D eigenvalue weighted by Gasteiger charge is -2.16. The van der Waals surface area contributed by atoms with Gasteiger partial charge in [0.25, 0.3) is 0 Å². The van der Waals surface area contributed by atoms with Crippen molar-refractivity contribution < 1.29 is 12.9 Å². The van der Waals surface area contributed by atoms with E-state index in [1.165, 1.54) is 25.7 Å². The topological polar surface area (TPSA) is 99.1 Å². The van der Waals surface area contributed by atoms with Crippen molar-refractivity contribution in [2.45, 2.75) is 50.5 Å². The minimum Gasteiger partial charge on any atom is -0.339 e. The second-order valence-corrected chi connectivity index (χ2v) is 8.29. The molecule has 1 aliphatic carbocycles. The van der Waals surface area contributed by atoms with Gasteiger partial charge < -0.3 is 10.3 Å². The van der Waals surface area contributed by atoms with E-state index in [0.717, 1.165) is 0 Å². The Kier molecular flexibility index (Phi) is 3.81. The van der Waals surface area contributed by atoms with Crippen molar-refractivity contribution >= 4 is 9.84 Å². The first-order chi connectivity index (χ1) is 9.53. The van der Waals surface area contributed by atoms with Crippen LogP contribution >= 0.6 is 0 Å². The van der Waals surface area contributed by atoms with Crippen molar-refractivity contribution in [2.24, 2.45) is 11.7 Å². The number of aromatic nitrogens is 2. The van der Waals surface area contributed by atoms with Crippen LogP contribution in [0.5, 0.6) is 0 Å². The van der Waals surface area contributed by atoms with E-state index in [0.29, 0.717) is 30.5 Å². The summed E-state index contributed by atoms with van der Waals surface area (Å²) < 4.78 is 28.2. The molecule has 20 heavy (non-hydrogen) atoms. The Bertz CT molecular complexity index is 563. The molecule has 0 amide bonds. The molecule has 3 rings (SSSR count). The zero-order chi connectivity index (χ0) is 14.2. The van der Waals surface area contributed by atoms with Crippen molar-refractivity contribution in [1.29, 1.82) is 0 Å². The average Bonchev–Trinajstić information content (AvgIpc) is 3.08. The number of hydrogen-bond donors (Lipinski definition) is 1. The molecular weight excluding hydrogens is 278 g/mol. The predicted molar refractivity (Wildman–Crippen MR) is 73.9 cm³/mol. The molecule has 0 spiro atoms. The van der Waals surface area contributed by atoms with Crippen LogP contribution in [0.25, 0.3) is 0 Å². The summed E-state index contributed by atoms with van der Waals surface area (Å²) in [5, 5.41) is 3.94. The second kappa shape index (κ2) is 5.44. The molecule has 2 heterocycles. The summed E-state index contributed by atoms with van der Waals surface area (Å²) in [4.78, 5) is 4.35. The molecule has 2 fully saturated rings. The fourth-order valence-corrected chi connectivity index (χ4v) is 5.01. The molecular formula is C13H21N3O3S. The quantitative estimate of drug-likeness (QED) is 0.891. The van der Waals surface area contributed by atoms with Crippen molar-refractivity contribution in [3.05, 3.63) is 11.7 Å². The van der Waals surface area contributed by atoms with Gasteiger partial charge >= 0.3 is 0 Å². The Hall–Kier alpha value is -0.950. The molecule has 6 nitrogen and oxygen atoms in total. The number of hydrogen-bond acceptors (Lipinski definition) is 6. The van der Waals surface area contributed by atoms with E-state index in [-0.39, 0.29) is 23.5 Å². The van der Waals surface area contributed by atoms with Crippen molar-refractivity contribution in [1.82, 2.24) is 10.1 Å². The smallest absolute Gasteiger partial charge is 0.228 e. The standard InChI is InChI=1S/C13H21N3O3S/c14-11(9-3-1-2-4-9)7-12-15-13(16-19-12)10-5-6-20(17,18)8-10/h9-11H,1-8,14H2. The first-order valence-corrected chi connectivity index (χ1v) is 9.14. The molecule has 2 atom stereocenters. The van der Waals surface area contributed by atoms with E-state index in [1.807, 2.05) is 0 Å². The van der Waals surface area contributed by atoms with E-state index in [4.69, 9.17) is 10.3 Å². The highest BCUT2D eigenvalue weighted by molar-refractivity contribution is 7.91. The Morgan fingerprint density at radius 3 is 2.70 bits per heavy atom. The van der Waals surface area contributed by atoms with Crippen LogP contribution in [0.3, 0.4) is 0 Å². The monoisotopic (exact) mass is 299 g/mol. The van der Waals surface area contributed by atoms with Crippen molar-refractivity contribution in [3.63, 3.8) is 0 Å². The molecule has 0 aromatic carbocycles. The number of sulfone groups is 1. The van der Waals surface area contributed by atoms with Crippen LogP contribution in [-0.2, 0) is 16.3 Å². The maximum absolute atomic E-state index is 11.5. The third-order valence-electron chi connectivity index (χ3n) is 4.50. The molecule has 1 saturated heterocycles. The molecule has 0 radical (unpaired) electrons. The zero-order valence-electron chi connectivity index (χ0n) is 11.5. The summed E-state index contributed by atoms with van der Waals surface area (Å²) in [7, 11) is -2.92. The predicted octanol–water partition coefficient (Wildman–Crippen LogP) is 1.03. The van der Waals surface area contributed by atoms with Gasteiger partial charge in [-0.1, -0.05) is 18.0 Å². The first kappa shape index (κ1) is 14.0. The van der Waals surface area contributed by atoms with Crippen molar-refractivity contribution in [2.75, 3.05) is 11.5 Å². The molecule has 1 aliphatic heterocycles. The van der Waals surface area contributed by atoms with Gasteiger partial charge in [0.15, 0.2) is 15.7 Å². The number of nitrogens with two attached hydrogens (primary N) is 1. The number of nitrogens with zero attached hydrogens (tertiary/aromatic N) is 2. The summed E-state index contributed by atoms with van der Waals surface area (Å²) in [6.07, 6.45) is 6.07. The largest absolute Gasteiger partial charge is 0.339 e. The Morgan fingerprint density at radius 1 is 1.30 bits per heavy atom. The molecule has 2 aliphatic rings. The fraction of sp³-hybridized carbons (Fsp3) is 0.846. The summed E-state index contributed by atoms with van der Waals surface area (Å²) in [5.74, 6) is 1.88. The molecule has 1 aromatic heterocycles. The second-order valence-electron chi connectivity index (χ2n) is 6.06. The van der Waals surface area contributed by atoms with Crippen LogP contribution in [0.2, 0.25) is 0 Å². The Balaban J connectivity index is 1.62. The SMILES string of the molecule is NC(Cc1nc(C2CCS(=O)(=O)C2)no1)C1CCCC1. The zero-order valence-corrected chi connectivity index (χ0v) is 12.3. The summed E-state index contributed by atoms with van der Waals surface area (Å²) in [6, 6.07) is 0.0677. The van der Waals surface area contributed by atoms with E-state index < -0.39 is 9.84 Å². The lowest BCUT2D eigenvalue weighted by atomic mass is 9.96. The Morgan fingerprint density at radius 2 is 2.05 bits per heavy atom. The average molecular weight is 299 g/mol. The lowest BCUT2D eigenvalue weighted by molar-refractivity contribution is 0.337. The van der Waals surface area contributed by atoms with Gasteiger partial charge in [-0.25, -0.2) is 8.42 Å². The molecule has 1 saturated carbocycles. The van der Waals surface area contributed by atoms with E-state index >= 15 is 0 Å². The van der Waals surface area contributed by atoms with Gasteiger partial charge in [-0.2, -0.15) is 4.98 Å². The third kappa shape index (κ3) is 3.03. The van der Waals surface area contributed by atoms with Crippen LogP contribution in [-0.4, -0.2) is 36.1 Å². The van der Waals surface area contributed by atoms with Crippen LogP contribution in [0.4, 0.5) is 0 Å². The molecule has 2 unspecified atom stereocenters. The van der Waals surface area contributed by atoms with Gasteiger partial charge in [0, 0.05) is 18.4 Å². The maximum atomic E-state index is 11.5. The molecule has 7 heteroatoms. The summed E-state index contributed by atoms with van der Waals surface area (Å²) in [5.41, 5.74) is 6.19. The Labute approximate surface area is 119 Å². The van der Waals surface area contributed by atoms with E-state index in [1.54, 1.807) is 0 Å². The summed E-state index contributed by atoms with van der Waals surface area (Å²) in [6.45, 7) is 0. The molecule has 0 bridgehead atoms. The highest BCUT2D eigenvalue weighted by atomic mass is 32.2. The molecule has 2 N–H and O–H groups in total. The van der Waals surface area contributed by atoms with Gasteiger partial charge in [0.05, 0.1) is 11.5 Å². The number of rotatable bonds is 4.